The van der Waals surface area contributed by atoms with E-state index < -0.39 is 34.8 Å². The molecule has 1 saturated heterocycles. The number of carbonyl (C=O) groups is 4. The maximum absolute atomic E-state index is 13.3. The van der Waals surface area contributed by atoms with E-state index in [0.29, 0.717) is 5.56 Å². The molecule has 0 aromatic heterocycles. The smallest absolute Gasteiger partial charge is 0.349 e. The number of esters is 1. The van der Waals surface area contributed by atoms with Crippen molar-refractivity contribution in [3.63, 3.8) is 0 Å². The quantitative estimate of drug-likeness (QED) is 0.181. The molecular formula is C23H18N4O7. The summed E-state index contributed by atoms with van der Waals surface area (Å²) < 4.78 is 5.22. The molecule has 11 heteroatoms. The van der Waals surface area contributed by atoms with Crippen molar-refractivity contribution in [2.24, 2.45) is 0 Å². The van der Waals surface area contributed by atoms with E-state index in [1.54, 1.807) is 18.2 Å². The van der Waals surface area contributed by atoms with Crippen LogP contribution in [0.1, 0.15) is 22.8 Å². The molecule has 2 amide bonds. The summed E-state index contributed by atoms with van der Waals surface area (Å²) in [6, 6.07) is 11.9. The molecule has 2 aromatic carbocycles. The van der Waals surface area contributed by atoms with Crippen molar-refractivity contribution in [3.8, 4) is 5.75 Å². The second-order valence-electron chi connectivity index (χ2n) is 7.54. The molecule has 0 bridgehead atoms. The monoisotopic (exact) mass is 462 g/mol. The molecule has 1 unspecified atom stereocenters. The molecule has 1 atom stereocenters. The Bertz CT molecular complexity index is 1310. The predicted octanol–water partition coefficient (Wildman–Crippen LogP) is 1.82. The molecule has 172 valence electrons. The number of carbonyl (C=O) groups excluding carboxylic acids is 4. The highest BCUT2D eigenvalue weighted by Crippen LogP contribution is 2.30. The lowest BCUT2D eigenvalue weighted by molar-refractivity contribution is -0.384. The maximum atomic E-state index is 13.3. The number of non-ortho nitro benzene ring substituents is 1. The second kappa shape index (κ2) is 8.62. The van der Waals surface area contributed by atoms with Crippen LogP contribution in [0.15, 0.2) is 66.0 Å². The van der Waals surface area contributed by atoms with E-state index in [-0.39, 0.29) is 28.3 Å². The zero-order valence-corrected chi connectivity index (χ0v) is 18.1. The molecule has 34 heavy (non-hydrogen) atoms. The van der Waals surface area contributed by atoms with E-state index >= 15 is 0 Å². The zero-order valence-electron chi connectivity index (χ0n) is 18.1. The minimum absolute atomic E-state index is 0.0770. The fraction of sp³-hybridized carbons (Fsp3) is 0.130. The fourth-order valence-electron chi connectivity index (χ4n) is 3.63. The van der Waals surface area contributed by atoms with Crippen LogP contribution in [0.25, 0.3) is 6.08 Å². The number of Topliss-reactive ketones (excluding diaryl/α,β-unsaturated/α-hetero) is 1. The van der Waals surface area contributed by atoms with Gasteiger partial charge in [-0.15, -0.1) is 0 Å². The van der Waals surface area contributed by atoms with Crippen LogP contribution >= 0.6 is 0 Å². The van der Waals surface area contributed by atoms with Gasteiger partial charge in [-0.2, -0.15) is 0 Å². The van der Waals surface area contributed by atoms with E-state index in [2.05, 4.69) is 5.32 Å². The van der Waals surface area contributed by atoms with E-state index in [0.717, 1.165) is 11.1 Å². The Morgan fingerprint density at radius 2 is 1.88 bits per heavy atom. The summed E-state index contributed by atoms with van der Waals surface area (Å²) in [5.74, 6) is -2.55. The average Bonchev–Trinajstić information content (AvgIpc) is 3.00. The van der Waals surface area contributed by atoms with Crippen LogP contribution in [0, 0.1) is 10.1 Å². The first-order chi connectivity index (χ1) is 16.2. The Labute approximate surface area is 193 Å². The first-order valence-corrected chi connectivity index (χ1v) is 10.0. The summed E-state index contributed by atoms with van der Waals surface area (Å²) in [6.07, 6.45) is 1.41. The largest absolute Gasteiger partial charge is 0.422 e. The van der Waals surface area contributed by atoms with E-state index in [9.17, 15) is 29.3 Å². The highest BCUT2D eigenvalue weighted by Gasteiger charge is 2.41. The number of rotatable bonds is 4. The third-order valence-electron chi connectivity index (χ3n) is 5.25. The van der Waals surface area contributed by atoms with Crippen LogP contribution in [0.4, 0.5) is 5.69 Å². The summed E-state index contributed by atoms with van der Waals surface area (Å²) in [6.45, 7) is 1.25. The van der Waals surface area contributed by atoms with Crippen LogP contribution in [-0.4, -0.2) is 51.6 Å². The third kappa shape index (κ3) is 4.01. The molecule has 1 N–H and O–H groups in total. The van der Waals surface area contributed by atoms with Gasteiger partial charge in [-0.25, -0.2) is 4.79 Å². The number of nitrogens with one attached hydrogen (secondary N) is 1. The number of amides is 2. The number of hydrogen-bond acceptors (Lipinski definition) is 8. The highest BCUT2D eigenvalue weighted by molar-refractivity contribution is 6.27. The molecule has 1 fully saturated rings. The molecule has 0 radical (unpaired) electrons. The first-order valence-electron chi connectivity index (χ1n) is 10.0. The molecule has 2 heterocycles. The zero-order chi connectivity index (χ0) is 24.6. The summed E-state index contributed by atoms with van der Waals surface area (Å²) in [4.78, 5) is 63.5. The van der Waals surface area contributed by atoms with Crippen LogP contribution in [0.2, 0.25) is 0 Å². The van der Waals surface area contributed by atoms with Gasteiger partial charge in [0.1, 0.15) is 17.0 Å². The maximum Gasteiger partial charge on any atom is 0.349 e. The van der Waals surface area contributed by atoms with Gasteiger partial charge in [0.05, 0.1) is 10.5 Å². The van der Waals surface area contributed by atoms with Crippen molar-refractivity contribution in [2.45, 2.75) is 13.2 Å². The molecule has 0 spiro atoms. The third-order valence-corrected chi connectivity index (χ3v) is 5.25. The Morgan fingerprint density at radius 3 is 2.59 bits per heavy atom. The second-order valence-corrected chi connectivity index (χ2v) is 7.54. The van der Waals surface area contributed by atoms with Gasteiger partial charge in [0.25, 0.3) is 11.6 Å². The summed E-state index contributed by atoms with van der Waals surface area (Å²) >= 11 is 0. The van der Waals surface area contributed by atoms with Crippen LogP contribution in [-0.2, 0) is 14.4 Å². The summed E-state index contributed by atoms with van der Waals surface area (Å²) in [5, 5.41) is 13.7. The van der Waals surface area contributed by atoms with Crippen molar-refractivity contribution < 1.29 is 28.8 Å². The van der Waals surface area contributed by atoms with Crippen molar-refractivity contribution in [2.75, 3.05) is 7.05 Å². The van der Waals surface area contributed by atoms with Crippen molar-refractivity contribution in [1.29, 1.82) is 0 Å². The van der Waals surface area contributed by atoms with Gasteiger partial charge in [-0.3, -0.25) is 29.4 Å². The van der Waals surface area contributed by atoms with Gasteiger partial charge < -0.3 is 15.0 Å². The van der Waals surface area contributed by atoms with E-state index in [1.807, 2.05) is 0 Å². The topological polar surface area (TPSA) is 139 Å². The number of ether oxygens (including phenoxy) is 1. The van der Waals surface area contributed by atoms with Gasteiger partial charge in [0.15, 0.2) is 6.29 Å². The molecule has 4 rings (SSSR count). The Kier molecular flexibility index (Phi) is 5.68. The lowest BCUT2D eigenvalue weighted by Crippen LogP contribution is -2.49. The van der Waals surface area contributed by atoms with Crippen LogP contribution < -0.4 is 10.1 Å². The summed E-state index contributed by atoms with van der Waals surface area (Å²) in [7, 11) is 1.52. The van der Waals surface area contributed by atoms with Gasteiger partial charge in [0, 0.05) is 32.3 Å². The Hall–Kier alpha value is -4.80. The fourth-order valence-corrected chi connectivity index (χ4v) is 3.63. The number of ketones is 1. The van der Waals surface area contributed by atoms with Gasteiger partial charge in [0.2, 0.25) is 11.7 Å². The highest BCUT2D eigenvalue weighted by atomic mass is 16.6. The number of para-hydroxylation sites is 1. The Balaban J connectivity index is 1.76. The number of nitrogens with zero attached hydrogens (tertiary/aromatic N) is 3. The number of nitro groups is 1. The molecule has 0 saturated carbocycles. The average molecular weight is 462 g/mol. The lowest BCUT2D eigenvalue weighted by atomic mass is 10.0. The molecule has 2 aliphatic rings. The van der Waals surface area contributed by atoms with Crippen molar-refractivity contribution >= 4 is 35.3 Å². The minimum Gasteiger partial charge on any atom is -0.422 e. The van der Waals surface area contributed by atoms with E-state index in [1.165, 1.54) is 55.3 Å². The molecule has 11 nitrogen and oxygen atoms in total. The number of hydrogen-bond donors (Lipinski definition) is 1. The standard InChI is InChI=1S/C23H18N4O7/c1-13(28)24-23-25(2)18(11-14-6-5-7-15(10-14)27(32)33)21(30)26(23)12-17-20(29)16-8-3-4-9-19(16)34-22(17)31/h3-12,23H,1-2H3,(H,24,28). The summed E-state index contributed by atoms with van der Waals surface area (Å²) in [5.41, 5.74) is 0.0777. The van der Waals surface area contributed by atoms with Gasteiger partial charge in [-0.05, 0) is 23.8 Å². The van der Waals surface area contributed by atoms with Gasteiger partial charge in [-0.1, -0.05) is 24.3 Å². The first kappa shape index (κ1) is 22.4. The normalized spacial score (nSPS) is 19.9. The predicted molar refractivity (Wildman–Crippen MR) is 118 cm³/mol. The SMILES string of the molecule is CC(=O)NC1N(C)C(=Cc2cccc([N+](=O)[O-])c2)C(=O)N1C=C1C(=O)Oc2ccccc2C1=O. The molecule has 0 aliphatic carbocycles. The lowest BCUT2D eigenvalue weighted by Gasteiger charge is -2.27. The van der Waals surface area contributed by atoms with Crippen molar-refractivity contribution in [1.82, 2.24) is 15.1 Å². The van der Waals surface area contributed by atoms with Crippen molar-refractivity contribution in [3.05, 3.63) is 87.2 Å². The van der Waals surface area contributed by atoms with Crippen LogP contribution in [0.5, 0.6) is 5.75 Å². The van der Waals surface area contributed by atoms with Gasteiger partial charge >= 0.3 is 5.97 Å². The Morgan fingerprint density at radius 1 is 1.15 bits per heavy atom. The minimum atomic E-state index is -1.06. The molecule has 2 aliphatic heterocycles. The van der Waals surface area contributed by atoms with E-state index in [4.69, 9.17) is 4.74 Å². The van der Waals surface area contributed by atoms with Crippen LogP contribution in [0.3, 0.4) is 0 Å². The molecular weight excluding hydrogens is 444 g/mol. The molecule has 2 aromatic rings. The number of nitro benzene ring substituents is 1. The number of likely N-dealkylation sites (N-methyl/N-ethyl adjacent to an activating group) is 1. The number of fused-ring (bicyclic) bond motifs is 1. The number of benzene rings is 2.